The molecule has 138 valence electrons. The Morgan fingerprint density at radius 2 is 1.89 bits per heavy atom. The molecule has 0 spiro atoms. The van der Waals surface area contributed by atoms with Crippen LogP contribution in [0.25, 0.3) is 11.1 Å². The molecule has 1 aromatic heterocycles. The zero-order valence-corrected chi connectivity index (χ0v) is 16.2. The molecule has 0 aliphatic carbocycles. The SMILES string of the molecule is Cn1cnnc1C1CCCN(C(=S)Nc2ccccc2-c2ccccc2)C1. The molecular formula is C21H23N5S. The van der Waals surface area contributed by atoms with Gasteiger partial charge in [-0.25, -0.2) is 0 Å². The number of nitrogens with zero attached hydrogens (tertiary/aromatic N) is 4. The Labute approximate surface area is 165 Å². The van der Waals surface area contributed by atoms with Crippen LogP contribution in [0.2, 0.25) is 0 Å². The largest absolute Gasteiger partial charge is 0.348 e. The number of piperidine rings is 1. The third-order valence-electron chi connectivity index (χ3n) is 5.07. The Morgan fingerprint density at radius 3 is 2.67 bits per heavy atom. The van der Waals surface area contributed by atoms with Crippen LogP contribution in [0.5, 0.6) is 0 Å². The highest BCUT2D eigenvalue weighted by Gasteiger charge is 2.26. The van der Waals surface area contributed by atoms with E-state index in [0.717, 1.165) is 48.1 Å². The van der Waals surface area contributed by atoms with Gasteiger partial charge in [-0.2, -0.15) is 0 Å². The summed E-state index contributed by atoms with van der Waals surface area (Å²) < 4.78 is 2.01. The molecule has 3 aromatic rings. The summed E-state index contributed by atoms with van der Waals surface area (Å²) in [6.45, 7) is 1.83. The summed E-state index contributed by atoms with van der Waals surface area (Å²) in [6.07, 6.45) is 3.98. The topological polar surface area (TPSA) is 46.0 Å². The lowest BCUT2D eigenvalue weighted by molar-refractivity contribution is 0.302. The molecule has 1 fully saturated rings. The minimum atomic E-state index is 0.357. The lowest BCUT2D eigenvalue weighted by Gasteiger charge is -2.34. The van der Waals surface area contributed by atoms with Gasteiger partial charge in [0.15, 0.2) is 5.11 Å². The van der Waals surface area contributed by atoms with Crippen LogP contribution in [-0.2, 0) is 7.05 Å². The van der Waals surface area contributed by atoms with E-state index < -0.39 is 0 Å². The summed E-state index contributed by atoms with van der Waals surface area (Å²) in [7, 11) is 2.00. The van der Waals surface area contributed by atoms with Crippen LogP contribution in [0, 0.1) is 0 Å². The molecule has 0 saturated carbocycles. The molecule has 4 rings (SSSR count). The van der Waals surface area contributed by atoms with Gasteiger partial charge in [0.05, 0.1) is 0 Å². The van der Waals surface area contributed by atoms with E-state index in [1.807, 2.05) is 23.7 Å². The van der Waals surface area contributed by atoms with Gasteiger partial charge in [-0.05, 0) is 36.7 Å². The number of likely N-dealkylation sites (tertiary alicyclic amines) is 1. The number of thiocarbonyl (C=S) groups is 1. The number of para-hydroxylation sites is 1. The summed E-state index contributed by atoms with van der Waals surface area (Å²) in [5.41, 5.74) is 3.37. The van der Waals surface area contributed by atoms with Crippen molar-refractivity contribution in [3.63, 3.8) is 0 Å². The second-order valence-electron chi connectivity index (χ2n) is 6.93. The first-order chi connectivity index (χ1) is 13.2. The van der Waals surface area contributed by atoms with Crippen molar-refractivity contribution in [2.24, 2.45) is 7.05 Å². The van der Waals surface area contributed by atoms with E-state index >= 15 is 0 Å². The number of hydrogen-bond donors (Lipinski definition) is 1. The Balaban J connectivity index is 1.51. The first-order valence-electron chi connectivity index (χ1n) is 9.26. The molecule has 5 nitrogen and oxygen atoms in total. The summed E-state index contributed by atoms with van der Waals surface area (Å²) in [5.74, 6) is 1.39. The Kier molecular flexibility index (Phi) is 5.16. The Hall–Kier alpha value is -2.73. The molecule has 0 radical (unpaired) electrons. The van der Waals surface area contributed by atoms with E-state index in [-0.39, 0.29) is 0 Å². The van der Waals surface area contributed by atoms with Gasteiger partial charge < -0.3 is 14.8 Å². The van der Waals surface area contributed by atoms with Gasteiger partial charge in [0, 0.05) is 37.3 Å². The quantitative estimate of drug-likeness (QED) is 0.698. The summed E-state index contributed by atoms with van der Waals surface area (Å²) in [5, 5.41) is 12.6. The van der Waals surface area contributed by atoms with Crippen LogP contribution in [0.3, 0.4) is 0 Å². The fourth-order valence-electron chi connectivity index (χ4n) is 3.69. The molecule has 1 saturated heterocycles. The number of aromatic nitrogens is 3. The smallest absolute Gasteiger partial charge is 0.173 e. The van der Waals surface area contributed by atoms with Gasteiger partial charge in [-0.15, -0.1) is 10.2 Å². The third-order valence-corrected chi connectivity index (χ3v) is 5.43. The molecule has 27 heavy (non-hydrogen) atoms. The van der Waals surface area contributed by atoms with Crippen molar-refractivity contribution >= 4 is 23.0 Å². The highest BCUT2D eigenvalue weighted by atomic mass is 32.1. The standard InChI is InChI=1S/C21H23N5S/c1-25-15-22-24-20(25)17-10-7-13-26(14-17)21(27)23-19-12-6-5-11-18(19)16-8-3-2-4-9-16/h2-6,8-9,11-12,15,17H,7,10,13-14H2,1H3,(H,23,27). The predicted molar refractivity (Wildman–Crippen MR) is 113 cm³/mol. The number of hydrogen-bond acceptors (Lipinski definition) is 3. The number of anilines is 1. The van der Waals surface area contributed by atoms with Crippen LogP contribution in [0.15, 0.2) is 60.9 Å². The number of aryl methyl sites for hydroxylation is 1. The van der Waals surface area contributed by atoms with Crippen molar-refractivity contribution in [2.75, 3.05) is 18.4 Å². The lowest BCUT2D eigenvalue weighted by Crippen LogP contribution is -2.42. The lowest BCUT2D eigenvalue weighted by atomic mass is 9.97. The van der Waals surface area contributed by atoms with Gasteiger partial charge in [0.25, 0.3) is 0 Å². The molecule has 2 heterocycles. The maximum absolute atomic E-state index is 5.75. The zero-order chi connectivity index (χ0) is 18.6. The fourth-order valence-corrected chi connectivity index (χ4v) is 3.97. The van der Waals surface area contributed by atoms with Crippen molar-refractivity contribution in [2.45, 2.75) is 18.8 Å². The van der Waals surface area contributed by atoms with Gasteiger partial charge in [-0.1, -0.05) is 48.5 Å². The molecular weight excluding hydrogens is 354 g/mol. The predicted octanol–water partition coefficient (Wildman–Crippen LogP) is 4.06. The maximum Gasteiger partial charge on any atom is 0.173 e. The molecule has 1 N–H and O–H groups in total. The molecule has 1 unspecified atom stereocenters. The average molecular weight is 378 g/mol. The van der Waals surface area contributed by atoms with E-state index in [1.54, 1.807) is 6.33 Å². The van der Waals surface area contributed by atoms with Crippen LogP contribution in [-0.4, -0.2) is 37.9 Å². The van der Waals surface area contributed by atoms with Crippen LogP contribution in [0.1, 0.15) is 24.6 Å². The molecule has 6 heteroatoms. The fraction of sp³-hybridized carbons (Fsp3) is 0.286. The zero-order valence-electron chi connectivity index (χ0n) is 15.4. The summed E-state index contributed by atoms with van der Waals surface area (Å²) in [4.78, 5) is 2.25. The maximum atomic E-state index is 5.75. The number of benzene rings is 2. The van der Waals surface area contributed by atoms with Gasteiger partial charge >= 0.3 is 0 Å². The van der Waals surface area contributed by atoms with Crippen LogP contribution >= 0.6 is 12.2 Å². The number of nitrogens with one attached hydrogen (secondary N) is 1. The number of rotatable bonds is 3. The highest BCUT2D eigenvalue weighted by Crippen LogP contribution is 2.29. The monoisotopic (exact) mass is 377 g/mol. The minimum absolute atomic E-state index is 0.357. The Bertz CT molecular complexity index is 921. The molecule has 1 aliphatic heterocycles. The summed E-state index contributed by atoms with van der Waals surface area (Å²) >= 11 is 5.75. The van der Waals surface area contributed by atoms with Crippen molar-refractivity contribution in [3.05, 3.63) is 66.7 Å². The second-order valence-corrected chi connectivity index (χ2v) is 7.31. The highest BCUT2D eigenvalue weighted by molar-refractivity contribution is 7.80. The van der Waals surface area contributed by atoms with Gasteiger partial charge in [-0.3, -0.25) is 0 Å². The molecule has 1 atom stereocenters. The first-order valence-corrected chi connectivity index (χ1v) is 9.67. The minimum Gasteiger partial charge on any atom is -0.348 e. The Morgan fingerprint density at radius 1 is 1.11 bits per heavy atom. The average Bonchev–Trinajstić information content (AvgIpc) is 3.15. The van der Waals surface area contributed by atoms with Crippen LogP contribution in [0.4, 0.5) is 5.69 Å². The molecule has 2 aromatic carbocycles. The first kappa shape index (κ1) is 17.7. The van der Waals surface area contributed by atoms with E-state index in [1.165, 1.54) is 5.56 Å². The van der Waals surface area contributed by atoms with E-state index in [0.29, 0.717) is 5.92 Å². The van der Waals surface area contributed by atoms with Crippen LogP contribution < -0.4 is 5.32 Å². The summed E-state index contributed by atoms with van der Waals surface area (Å²) in [6, 6.07) is 18.7. The van der Waals surface area contributed by atoms with Gasteiger partial charge in [0.2, 0.25) is 0 Å². The molecule has 0 amide bonds. The van der Waals surface area contributed by atoms with Crippen molar-refractivity contribution < 1.29 is 0 Å². The molecule has 0 bridgehead atoms. The normalized spacial score (nSPS) is 16.9. The third kappa shape index (κ3) is 3.85. The van der Waals surface area contributed by atoms with E-state index in [4.69, 9.17) is 12.2 Å². The van der Waals surface area contributed by atoms with E-state index in [2.05, 4.69) is 62.9 Å². The van der Waals surface area contributed by atoms with Crippen molar-refractivity contribution in [1.29, 1.82) is 0 Å². The van der Waals surface area contributed by atoms with E-state index in [9.17, 15) is 0 Å². The van der Waals surface area contributed by atoms with Crippen molar-refractivity contribution in [3.8, 4) is 11.1 Å². The molecule has 1 aliphatic rings. The second kappa shape index (κ2) is 7.88. The van der Waals surface area contributed by atoms with Crippen molar-refractivity contribution in [1.82, 2.24) is 19.7 Å². The van der Waals surface area contributed by atoms with Gasteiger partial charge in [0.1, 0.15) is 12.2 Å².